The third-order valence-electron chi connectivity index (χ3n) is 2.24. The highest BCUT2D eigenvalue weighted by atomic mass is 19.1. The molecular weight excluding hydrogens is 179 g/mol. The lowest BCUT2D eigenvalue weighted by atomic mass is 9.99. The molecule has 0 aliphatic rings. The molecule has 0 saturated carbocycles. The zero-order valence-electron chi connectivity index (χ0n) is 8.70. The van der Waals surface area contributed by atoms with Gasteiger partial charge in [-0.1, -0.05) is 19.9 Å². The van der Waals surface area contributed by atoms with Crippen molar-refractivity contribution in [2.45, 2.75) is 32.7 Å². The molecule has 78 valence electrons. The van der Waals surface area contributed by atoms with Crippen LogP contribution in [0.3, 0.4) is 0 Å². The molecule has 0 fully saturated rings. The summed E-state index contributed by atoms with van der Waals surface area (Å²) in [5.41, 5.74) is 6.39. The van der Waals surface area contributed by atoms with E-state index in [0.29, 0.717) is 11.5 Å². The van der Waals surface area contributed by atoms with Gasteiger partial charge in [-0.05, 0) is 24.8 Å². The van der Waals surface area contributed by atoms with Crippen LogP contribution in [-0.4, -0.2) is 4.98 Å². The highest BCUT2D eigenvalue weighted by Gasteiger charge is 2.11. The van der Waals surface area contributed by atoms with E-state index in [1.165, 1.54) is 6.20 Å². The van der Waals surface area contributed by atoms with Crippen molar-refractivity contribution in [3.8, 4) is 0 Å². The van der Waals surface area contributed by atoms with Crippen molar-refractivity contribution in [1.29, 1.82) is 0 Å². The Hall–Kier alpha value is -0.960. The summed E-state index contributed by atoms with van der Waals surface area (Å²) in [5, 5.41) is 0. The first-order valence-electron chi connectivity index (χ1n) is 4.97. The normalized spacial score (nSPS) is 13.2. The maximum Gasteiger partial charge on any atom is 0.217 e. The Morgan fingerprint density at radius 2 is 2.14 bits per heavy atom. The predicted octanol–water partition coefficient (Wildman–Crippen LogP) is 2.66. The van der Waals surface area contributed by atoms with E-state index in [1.807, 2.05) is 0 Å². The number of halogens is 1. The van der Waals surface area contributed by atoms with Crippen molar-refractivity contribution in [2.75, 3.05) is 0 Å². The molecule has 2 N–H and O–H groups in total. The summed E-state index contributed by atoms with van der Waals surface area (Å²) >= 11 is 0. The number of pyridine rings is 1. The smallest absolute Gasteiger partial charge is 0.217 e. The zero-order valence-corrected chi connectivity index (χ0v) is 8.70. The topological polar surface area (TPSA) is 38.9 Å². The average molecular weight is 196 g/mol. The molecule has 0 spiro atoms. The molecule has 0 unspecified atom stereocenters. The van der Waals surface area contributed by atoms with Crippen molar-refractivity contribution in [3.05, 3.63) is 29.8 Å². The molecule has 1 rings (SSSR count). The Morgan fingerprint density at radius 3 is 2.71 bits per heavy atom. The number of hydrogen-bond donors (Lipinski definition) is 1. The third kappa shape index (κ3) is 3.07. The zero-order chi connectivity index (χ0) is 10.6. The summed E-state index contributed by atoms with van der Waals surface area (Å²) in [4.78, 5) is 3.58. The minimum Gasteiger partial charge on any atom is -0.324 e. The fraction of sp³-hybridized carbons (Fsp3) is 0.545. The standard InChI is InChI=1S/C11H17FN2/c1-8(2)5-6-10(13)9-4-3-7-14-11(9)12/h3-4,7-8,10H,5-6,13H2,1-2H3/t10-/m0/s1. The molecule has 0 saturated heterocycles. The van der Waals surface area contributed by atoms with E-state index < -0.39 is 5.95 Å². The van der Waals surface area contributed by atoms with Crippen molar-refractivity contribution in [2.24, 2.45) is 11.7 Å². The van der Waals surface area contributed by atoms with Gasteiger partial charge in [-0.25, -0.2) is 4.98 Å². The number of rotatable bonds is 4. The van der Waals surface area contributed by atoms with Crippen LogP contribution in [0, 0.1) is 11.9 Å². The van der Waals surface area contributed by atoms with E-state index in [1.54, 1.807) is 12.1 Å². The van der Waals surface area contributed by atoms with Gasteiger partial charge < -0.3 is 5.73 Å². The van der Waals surface area contributed by atoms with Crippen LogP contribution >= 0.6 is 0 Å². The number of aromatic nitrogens is 1. The van der Waals surface area contributed by atoms with E-state index in [2.05, 4.69) is 18.8 Å². The van der Waals surface area contributed by atoms with Gasteiger partial charge >= 0.3 is 0 Å². The second-order valence-corrected chi connectivity index (χ2v) is 3.96. The maximum atomic E-state index is 13.2. The molecule has 3 heteroatoms. The number of hydrogen-bond acceptors (Lipinski definition) is 2. The van der Waals surface area contributed by atoms with Crippen LogP contribution in [0.15, 0.2) is 18.3 Å². The number of nitrogens with zero attached hydrogens (tertiary/aromatic N) is 1. The Balaban J connectivity index is 2.60. The first-order chi connectivity index (χ1) is 6.61. The molecule has 0 amide bonds. The van der Waals surface area contributed by atoms with Crippen LogP contribution in [-0.2, 0) is 0 Å². The van der Waals surface area contributed by atoms with E-state index in [0.717, 1.165) is 12.8 Å². The lowest BCUT2D eigenvalue weighted by Crippen LogP contribution is -2.13. The SMILES string of the molecule is CC(C)CC[C@H](N)c1cccnc1F. The summed E-state index contributed by atoms with van der Waals surface area (Å²) in [6.07, 6.45) is 3.25. The molecule has 0 aliphatic carbocycles. The van der Waals surface area contributed by atoms with Crippen molar-refractivity contribution in [1.82, 2.24) is 4.98 Å². The monoisotopic (exact) mass is 196 g/mol. The molecule has 0 aromatic carbocycles. The van der Waals surface area contributed by atoms with Crippen LogP contribution < -0.4 is 5.73 Å². The maximum absolute atomic E-state index is 13.2. The van der Waals surface area contributed by atoms with E-state index in [9.17, 15) is 4.39 Å². The largest absolute Gasteiger partial charge is 0.324 e. The Morgan fingerprint density at radius 1 is 1.43 bits per heavy atom. The predicted molar refractivity (Wildman–Crippen MR) is 55.2 cm³/mol. The minimum absolute atomic E-state index is 0.230. The molecule has 2 nitrogen and oxygen atoms in total. The van der Waals surface area contributed by atoms with Gasteiger partial charge in [-0.2, -0.15) is 4.39 Å². The Bertz CT molecular complexity index is 286. The van der Waals surface area contributed by atoms with Crippen molar-refractivity contribution < 1.29 is 4.39 Å². The summed E-state index contributed by atoms with van der Waals surface area (Å²) < 4.78 is 13.2. The lowest BCUT2D eigenvalue weighted by molar-refractivity contribution is 0.482. The summed E-state index contributed by atoms with van der Waals surface area (Å²) in [6, 6.07) is 3.19. The van der Waals surface area contributed by atoms with E-state index in [4.69, 9.17) is 5.73 Å². The van der Waals surface area contributed by atoms with Gasteiger partial charge in [0, 0.05) is 17.8 Å². The van der Waals surface area contributed by atoms with Gasteiger partial charge in [0.25, 0.3) is 0 Å². The van der Waals surface area contributed by atoms with Gasteiger partial charge in [0.2, 0.25) is 5.95 Å². The second kappa shape index (κ2) is 5.05. The van der Waals surface area contributed by atoms with Gasteiger partial charge in [-0.15, -0.1) is 0 Å². The first-order valence-corrected chi connectivity index (χ1v) is 4.97. The molecule has 1 heterocycles. The summed E-state index contributed by atoms with van der Waals surface area (Å²) in [7, 11) is 0. The highest BCUT2D eigenvalue weighted by Crippen LogP contribution is 2.19. The van der Waals surface area contributed by atoms with Gasteiger partial charge in [0.15, 0.2) is 0 Å². The van der Waals surface area contributed by atoms with E-state index in [-0.39, 0.29) is 6.04 Å². The molecule has 0 radical (unpaired) electrons. The van der Waals surface area contributed by atoms with Crippen molar-refractivity contribution in [3.63, 3.8) is 0 Å². The van der Waals surface area contributed by atoms with Gasteiger partial charge in [0.05, 0.1) is 0 Å². The van der Waals surface area contributed by atoms with Gasteiger partial charge in [-0.3, -0.25) is 0 Å². The second-order valence-electron chi connectivity index (χ2n) is 3.96. The lowest BCUT2D eigenvalue weighted by Gasteiger charge is -2.13. The molecule has 0 bridgehead atoms. The molecule has 0 aliphatic heterocycles. The average Bonchev–Trinajstić information content (AvgIpc) is 2.15. The van der Waals surface area contributed by atoms with Crippen LogP contribution in [0.1, 0.15) is 38.3 Å². The molecular formula is C11H17FN2. The Labute approximate surface area is 84.3 Å². The fourth-order valence-electron chi connectivity index (χ4n) is 1.34. The van der Waals surface area contributed by atoms with Crippen LogP contribution in [0.25, 0.3) is 0 Å². The highest BCUT2D eigenvalue weighted by molar-refractivity contribution is 5.14. The van der Waals surface area contributed by atoms with Crippen LogP contribution in [0.4, 0.5) is 4.39 Å². The van der Waals surface area contributed by atoms with Crippen LogP contribution in [0.5, 0.6) is 0 Å². The third-order valence-corrected chi connectivity index (χ3v) is 2.24. The van der Waals surface area contributed by atoms with Crippen molar-refractivity contribution >= 4 is 0 Å². The first kappa shape index (κ1) is 11.1. The quantitative estimate of drug-likeness (QED) is 0.752. The molecule has 1 aromatic heterocycles. The molecule has 14 heavy (non-hydrogen) atoms. The molecule has 1 aromatic rings. The summed E-state index contributed by atoms with van der Waals surface area (Å²) in [5.74, 6) is 0.157. The van der Waals surface area contributed by atoms with Gasteiger partial charge in [0.1, 0.15) is 0 Å². The fourth-order valence-corrected chi connectivity index (χ4v) is 1.34. The number of nitrogens with two attached hydrogens (primary N) is 1. The summed E-state index contributed by atoms with van der Waals surface area (Å²) in [6.45, 7) is 4.26. The Kier molecular flexibility index (Phi) is 4.01. The van der Waals surface area contributed by atoms with Crippen LogP contribution in [0.2, 0.25) is 0 Å². The van der Waals surface area contributed by atoms with E-state index >= 15 is 0 Å². The molecule has 1 atom stereocenters. The minimum atomic E-state index is -0.441.